The molecule has 1 aromatic carbocycles. The van der Waals surface area contributed by atoms with Gasteiger partial charge < -0.3 is 25.0 Å². The maximum Gasteiger partial charge on any atom is 0.305 e. The van der Waals surface area contributed by atoms with E-state index >= 15 is 0 Å². The molecule has 4 aliphatic heterocycles. The number of hydrogen-bond acceptors (Lipinski definition) is 4. The molecule has 1 unspecified atom stereocenters. The highest BCUT2D eigenvalue weighted by molar-refractivity contribution is 5.68. The molecule has 2 bridgehead atoms. The Labute approximate surface area is 158 Å². The summed E-state index contributed by atoms with van der Waals surface area (Å²) < 4.78 is 5.95. The molecular formula is C21H24N2O4. The smallest absolute Gasteiger partial charge is 0.305 e. The quantitative estimate of drug-likeness (QED) is 0.475. The highest BCUT2D eigenvalue weighted by atomic mass is 16.6. The third kappa shape index (κ3) is 1.88. The summed E-state index contributed by atoms with van der Waals surface area (Å²) in [6.45, 7) is 1.61. The minimum Gasteiger partial charge on any atom is -0.632 e. The Morgan fingerprint density at radius 3 is 3.11 bits per heavy atom. The number of quaternary nitrogens is 1. The number of nitrogens with one attached hydrogen (secondary N) is 1. The van der Waals surface area contributed by atoms with Crippen LogP contribution < -0.4 is 5.32 Å². The predicted octanol–water partition coefficient (Wildman–Crippen LogP) is 2.25. The summed E-state index contributed by atoms with van der Waals surface area (Å²) in [6.07, 6.45) is 3.49. The Hall–Kier alpha value is -1.89. The van der Waals surface area contributed by atoms with Crippen LogP contribution in [0.5, 0.6) is 0 Å². The molecule has 0 aromatic heterocycles. The van der Waals surface area contributed by atoms with E-state index in [0.717, 1.165) is 18.5 Å². The van der Waals surface area contributed by atoms with Crippen LogP contribution in [0.25, 0.3) is 0 Å². The molecule has 142 valence electrons. The summed E-state index contributed by atoms with van der Waals surface area (Å²) in [6, 6.07) is 8.50. The Morgan fingerprint density at radius 2 is 2.26 bits per heavy atom. The number of ether oxygens (including phenoxy) is 1. The van der Waals surface area contributed by atoms with Gasteiger partial charge in [0, 0.05) is 30.5 Å². The van der Waals surface area contributed by atoms with Gasteiger partial charge in [0.25, 0.3) is 0 Å². The zero-order valence-electron chi connectivity index (χ0n) is 15.1. The largest absolute Gasteiger partial charge is 0.632 e. The maximum absolute atomic E-state index is 13.8. The van der Waals surface area contributed by atoms with E-state index in [9.17, 15) is 15.1 Å². The predicted molar refractivity (Wildman–Crippen MR) is 99.0 cm³/mol. The Kier molecular flexibility index (Phi) is 3.06. The van der Waals surface area contributed by atoms with Gasteiger partial charge in [-0.05, 0) is 23.1 Å². The van der Waals surface area contributed by atoms with Gasteiger partial charge in [-0.25, -0.2) is 0 Å². The molecule has 1 saturated carbocycles. The van der Waals surface area contributed by atoms with Crippen LogP contribution in [0.1, 0.15) is 24.8 Å². The van der Waals surface area contributed by atoms with Crippen LogP contribution in [0.4, 0.5) is 5.69 Å². The Morgan fingerprint density at radius 1 is 1.41 bits per heavy atom. The second kappa shape index (κ2) is 5.13. The number of hydroxylamine groups is 3. The van der Waals surface area contributed by atoms with E-state index in [1.165, 1.54) is 11.1 Å². The first kappa shape index (κ1) is 16.1. The van der Waals surface area contributed by atoms with Crippen molar-refractivity contribution in [2.45, 2.75) is 42.9 Å². The van der Waals surface area contributed by atoms with Gasteiger partial charge in [-0.3, -0.25) is 4.79 Å². The lowest BCUT2D eigenvalue weighted by molar-refractivity contribution is -0.896. The summed E-state index contributed by atoms with van der Waals surface area (Å²) in [5.74, 6) is -0.475. The highest BCUT2D eigenvalue weighted by Gasteiger charge is 2.71. The van der Waals surface area contributed by atoms with Gasteiger partial charge in [0.1, 0.15) is 12.6 Å². The van der Waals surface area contributed by atoms with Crippen LogP contribution in [0.3, 0.4) is 0 Å². The van der Waals surface area contributed by atoms with Crippen molar-refractivity contribution < 1.29 is 19.3 Å². The maximum atomic E-state index is 13.8. The number of carboxylic acid groups (broad SMARTS) is 1. The summed E-state index contributed by atoms with van der Waals surface area (Å²) in [4.78, 5) is 11.6. The number of aliphatic carboxylic acids is 1. The van der Waals surface area contributed by atoms with Crippen LogP contribution in [-0.2, 0) is 14.9 Å². The molecular weight excluding hydrogens is 344 g/mol. The monoisotopic (exact) mass is 368 g/mol. The highest BCUT2D eigenvalue weighted by Crippen LogP contribution is 2.64. The molecule has 6 nitrogen and oxygen atoms in total. The van der Waals surface area contributed by atoms with E-state index in [1.807, 2.05) is 6.07 Å². The van der Waals surface area contributed by atoms with E-state index in [2.05, 4.69) is 29.6 Å². The zero-order chi connectivity index (χ0) is 18.4. The lowest BCUT2D eigenvalue weighted by Crippen LogP contribution is -2.68. The number of nitrogens with zero attached hydrogens (tertiary/aromatic N) is 1. The summed E-state index contributed by atoms with van der Waals surface area (Å²) in [5, 5.41) is 27.1. The number of carbonyl (C=O) groups is 1. The Balaban J connectivity index is 1.55. The van der Waals surface area contributed by atoms with Crippen molar-refractivity contribution in [3.63, 3.8) is 0 Å². The fourth-order valence-electron chi connectivity index (χ4n) is 7.20. The first-order valence-electron chi connectivity index (χ1n) is 9.99. The summed E-state index contributed by atoms with van der Waals surface area (Å²) in [7, 11) is 0. The Bertz CT molecular complexity index is 869. The normalized spacial score (nSPS) is 46.0. The molecule has 5 aliphatic rings. The fraction of sp³-hybridized carbons (Fsp3) is 0.571. The van der Waals surface area contributed by atoms with Crippen LogP contribution in [0, 0.1) is 17.0 Å². The number of rotatable bonds is 2. The lowest BCUT2D eigenvalue weighted by Gasteiger charge is -2.60. The van der Waals surface area contributed by atoms with Crippen LogP contribution in [0.15, 0.2) is 35.9 Å². The van der Waals surface area contributed by atoms with Crippen molar-refractivity contribution in [3.05, 3.63) is 46.7 Å². The van der Waals surface area contributed by atoms with E-state index in [1.54, 1.807) is 0 Å². The minimum absolute atomic E-state index is 0.0228. The number of para-hydroxylation sites is 1. The number of benzene rings is 1. The number of hydrogen-bond donors (Lipinski definition) is 2. The van der Waals surface area contributed by atoms with Gasteiger partial charge in [-0.1, -0.05) is 24.3 Å². The van der Waals surface area contributed by atoms with E-state index < -0.39 is 5.97 Å². The molecule has 4 heterocycles. The topological polar surface area (TPSA) is 81.6 Å². The molecule has 3 fully saturated rings. The average molecular weight is 368 g/mol. The SMILES string of the molecule is O=C(O)C[C@@H]1OCC=C2C[N+]3([O-])CC[C@]45c6ccccc6N[C@H]4[C@@H]1[C@H]2C[C@@H]53. The summed E-state index contributed by atoms with van der Waals surface area (Å²) in [5.41, 5.74) is 3.38. The number of piperidine rings is 1. The van der Waals surface area contributed by atoms with Gasteiger partial charge >= 0.3 is 5.97 Å². The van der Waals surface area contributed by atoms with Gasteiger partial charge in [-0.15, -0.1) is 0 Å². The van der Waals surface area contributed by atoms with E-state index in [0.29, 0.717) is 19.7 Å². The molecule has 2 N–H and O–H groups in total. The molecule has 1 aliphatic carbocycles. The zero-order valence-corrected chi connectivity index (χ0v) is 15.1. The lowest BCUT2D eigenvalue weighted by atomic mass is 9.54. The van der Waals surface area contributed by atoms with Crippen molar-refractivity contribution in [2.24, 2.45) is 11.8 Å². The van der Waals surface area contributed by atoms with E-state index in [4.69, 9.17) is 4.74 Å². The van der Waals surface area contributed by atoms with Gasteiger partial charge in [0.15, 0.2) is 0 Å². The van der Waals surface area contributed by atoms with E-state index in [-0.39, 0.29) is 46.5 Å². The molecule has 6 rings (SSSR count). The molecule has 0 radical (unpaired) electrons. The van der Waals surface area contributed by atoms with Crippen LogP contribution >= 0.6 is 0 Å². The minimum atomic E-state index is -0.814. The second-order valence-electron chi connectivity index (χ2n) is 8.98. The third-order valence-corrected chi connectivity index (χ3v) is 8.08. The molecule has 7 atom stereocenters. The average Bonchev–Trinajstić information content (AvgIpc) is 3.08. The molecule has 6 heteroatoms. The van der Waals surface area contributed by atoms with Crippen molar-refractivity contribution in [3.8, 4) is 0 Å². The van der Waals surface area contributed by atoms with Crippen molar-refractivity contribution in [1.29, 1.82) is 0 Å². The van der Waals surface area contributed by atoms with Crippen molar-refractivity contribution in [1.82, 2.24) is 0 Å². The molecule has 1 spiro atoms. The number of anilines is 1. The van der Waals surface area contributed by atoms with Crippen LogP contribution in [-0.4, -0.2) is 53.6 Å². The second-order valence-corrected chi connectivity index (χ2v) is 8.98. The first-order chi connectivity index (χ1) is 13.0. The fourth-order valence-corrected chi connectivity index (χ4v) is 7.20. The number of fused-ring (bicyclic) bond motifs is 2. The molecule has 1 aromatic rings. The first-order valence-corrected chi connectivity index (χ1v) is 9.99. The molecule has 0 amide bonds. The third-order valence-electron chi connectivity index (χ3n) is 8.08. The standard InChI is InChI=1S/C21H24N2O4/c24-18(25)10-16-19-13-9-17-21(14-3-1-2-4-15(14)22-20(19)21)6-7-23(17,26)11-12(13)5-8-27-16/h1-5,13,16-17,19-20,22H,6-11H2,(H,24,25)/t13-,16-,17-,19+,20-,21+,23?/m0/s1. The number of carboxylic acids is 1. The van der Waals surface area contributed by atoms with Gasteiger partial charge in [-0.2, -0.15) is 0 Å². The van der Waals surface area contributed by atoms with Crippen molar-refractivity contribution in [2.75, 3.05) is 25.0 Å². The van der Waals surface area contributed by atoms with Gasteiger partial charge in [0.2, 0.25) is 0 Å². The van der Waals surface area contributed by atoms with Crippen molar-refractivity contribution >= 4 is 11.7 Å². The van der Waals surface area contributed by atoms with Gasteiger partial charge in [0.05, 0.1) is 31.1 Å². The molecule has 2 saturated heterocycles. The van der Waals surface area contributed by atoms with Crippen LogP contribution in [0.2, 0.25) is 0 Å². The molecule has 27 heavy (non-hydrogen) atoms. The summed E-state index contributed by atoms with van der Waals surface area (Å²) >= 11 is 0.